The van der Waals surface area contributed by atoms with Crippen molar-refractivity contribution in [3.63, 3.8) is 0 Å². The molecule has 6 nitrogen and oxygen atoms in total. The van der Waals surface area contributed by atoms with Gasteiger partial charge in [-0.3, -0.25) is 9.78 Å². The Morgan fingerprint density at radius 2 is 2.24 bits per heavy atom. The summed E-state index contributed by atoms with van der Waals surface area (Å²) in [6.45, 7) is 4.31. The van der Waals surface area contributed by atoms with Gasteiger partial charge in [0.25, 0.3) is 5.91 Å². The van der Waals surface area contributed by atoms with Crippen LogP contribution in [-0.4, -0.2) is 28.5 Å². The lowest BCUT2D eigenvalue weighted by molar-refractivity contribution is 0.0526. The molecule has 0 aromatic carbocycles. The van der Waals surface area contributed by atoms with Crippen molar-refractivity contribution in [1.29, 1.82) is 0 Å². The number of aryl methyl sites for hydroxylation is 1. The fourth-order valence-electron chi connectivity index (χ4n) is 1.61. The molecule has 0 unspecified atom stereocenters. The van der Waals surface area contributed by atoms with Crippen molar-refractivity contribution < 1.29 is 14.3 Å². The standard InChI is InChI=1S/C14H15N3O3S/c1-3-20-14(19)13-17-11(8-21-13)12(18)16-7-10-6-15-5-4-9(10)2/h4-6,8H,3,7H2,1-2H3,(H,16,18). The number of rotatable bonds is 5. The molecule has 0 aliphatic carbocycles. The van der Waals surface area contributed by atoms with E-state index in [1.807, 2.05) is 13.0 Å². The van der Waals surface area contributed by atoms with Crippen LogP contribution in [0, 0.1) is 6.92 Å². The Kier molecular flexibility index (Phi) is 4.99. The van der Waals surface area contributed by atoms with Crippen LogP contribution in [0.25, 0.3) is 0 Å². The van der Waals surface area contributed by atoms with Gasteiger partial charge in [0, 0.05) is 24.3 Å². The number of pyridine rings is 1. The van der Waals surface area contributed by atoms with E-state index in [4.69, 9.17) is 4.74 Å². The second kappa shape index (κ2) is 6.94. The minimum Gasteiger partial charge on any atom is -0.461 e. The predicted molar refractivity (Wildman–Crippen MR) is 78.2 cm³/mol. The Labute approximate surface area is 126 Å². The van der Waals surface area contributed by atoms with E-state index >= 15 is 0 Å². The first-order chi connectivity index (χ1) is 10.1. The molecule has 2 aromatic rings. The molecule has 2 rings (SSSR count). The molecule has 1 N–H and O–H groups in total. The van der Waals surface area contributed by atoms with Crippen LogP contribution in [0.4, 0.5) is 0 Å². The van der Waals surface area contributed by atoms with Gasteiger partial charge in [-0.15, -0.1) is 11.3 Å². The number of nitrogens with one attached hydrogen (secondary N) is 1. The van der Waals surface area contributed by atoms with E-state index in [9.17, 15) is 9.59 Å². The van der Waals surface area contributed by atoms with E-state index < -0.39 is 5.97 Å². The first-order valence-corrected chi connectivity index (χ1v) is 7.30. The highest BCUT2D eigenvalue weighted by molar-refractivity contribution is 7.11. The Hall–Kier alpha value is -2.28. The third-order valence-corrected chi connectivity index (χ3v) is 3.60. The number of hydrogen-bond acceptors (Lipinski definition) is 6. The number of carbonyl (C=O) groups excluding carboxylic acids is 2. The van der Waals surface area contributed by atoms with Crippen LogP contribution in [0.5, 0.6) is 0 Å². The van der Waals surface area contributed by atoms with Gasteiger partial charge in [0.2, 0.25) is 5.01 Å². The Balaban J connectivity index is 1.98. The van der Waals surface area contributed by atoms with Gasteiger partial charge in [0.1, 0.15) is 5.69 Å². The number of esters is 1. The summed E-state index contributed by atoms with van der Waals surface area (Å²) in [5.74, 6) is -0.838. The van der Waals surface area contributed by atoms with E-state index in [0.29, 0.717) is 6.54 Å². The van der Waals surface area contributed by atoms with Crippen LogP contribution in [0.1, 0.15) is 38.3 Å². The lowest BCUT2D eigenvalue weighted by atomic mass is 10.1. The molecular formula is C14H15N3O3S. The molecule has 0 aliphatic rings. The Morgan fingerprint density at radius 3 is 2.95 bits per heavy atom. The number of aromatic nitrogens is 2. The highest BCUT2D eigenvalue weighted by Crippen LogP contribution is 2.11. The summed E-state index contributed by atoms with van der Waals surface area (Å²) < 4.78 is 4.84. The van der Waals surface area contributed by atoms with Crippen molar-refractivity contribution in [1.82, 2.24) is 15.3 Å². The first kappa shape index (κ1) is 15.1. The highest BCUT2D eigenvalue weighted by atomic mass is 32.1. The van der Waals surface area contributed by atoms with Crippen LogP contribution in [-0.2, 0) is 11.3 Å². The van der Waals surface area contributed by atoms with Gasteiger partial charge in [-0.05, 0) is 31.0 Å². The van der Waals surface area contributed by atoms with E-state index in [2.05, 4.69) is 15.3 Å². The van der Waals surface area contributed by atoms with Crippen LogP contribution in [0.3, 0.4) is 0 Å². The zero-order valence-corrected chi connectivity index (χ0v) is 12.6. The number of thiazole rings is 1. The van der Waals surface area contributed by atoms with Gasteiger partial charge in [0.15, 0.2) is 0 Å². The van der Waals surface area contributed by atoms with E-state index in [1.165, 1.54) is 5.38 Å². The summed E-state index contributed by atoms with van der Waals surface area (Å²) >= 11 is 1.09. The molecule has 0 spiro atoms. The number of amides is 1. The zero-order valence-electron chi connectivity index (χ0n) is 11.8. The summed E-state index contributed by atoms with van der Waals surface area (Å²) in [7, 11) is 0. The average molecular weight is 305 g/mol. The molecule has 21 heavy (non-hydrogen) atoms. The van der Waals surface area contributed by atoms with Crippen LogP contribution < -0.4 is 5.32 Å². The maximum Gasteiger partial charge on any atom is 0.367 e. The third kappa shape index (κ3) is 3.85. The lowest BCUT2D eigenvalue weighted by Gasteiger charge is -2.05. The molecule has 0 fully saturated rings. The number of ether oxygens (including phenoxy) is 1. The second-order valence-corrected chi connectivity index (χ2v) is 5.10. The smallest absolute Gasteiger partial charge is 0.367 e. The second-order valence-electron chi connectivity index (χ2n) is 4.24. The monoisotopic (exact) mass is 305 g/mol. The van der Waals surface area contributed by atoms with Gasteiger partial charge in [-0.25, -0.2) is 9.78 Å². The molecule has 0 aliphatic heterocycles. The average Bonchev–Trinajstić information content (AvgIpc) is 2.96. The predicted octanol–water partition coefficient (Wildman–Crippen LogP) is 1.95. The fourth-order valence-corrected chi connectivity index (χ4v) is 2.30. The molecule has 0 saturated heterocycles. The van der Waals surface area contributed by atoms with Gasteiger partial charge < -0.3 is 10.1 Å². The molecule has 0 radical (unpaired) electrons. The van der Waals surface area contributed by atoms with E-state index in [0.717, 1.165) is 22.5 Å². The van der Waals surface area contributed by atoms with Crippen LogP contribution >= 0.6 is 11.3 Å². The lowest BCUT2D eigenvalue weighted by Crippen LogP contribution is -2.23. The maximum absolute atomic E-state index is 12.0. The van der Waals surface area contributed by atoms with Gasteiger partial charge in [0.05, 0.1) is 6.61 Å². The quantitative estimate of drug-likeness (QED) is 0.854. The van der Waals surface area contributed by atoms with Crippen molar-refractivity contribution in [2.24, 2.45) is 0 Å². The topological polar surface area (TPSA) is 81.2 Å². The largest absolute Gasteiger partial charge is 0.461 e. The SMILES string of the molecule is CCOC(=O)c1nc(C(=O)NCc2cnccc2C)cs1. The molecule has 1 amide bonds. The highest BCUT2D eigenvalue weighted by Gasteiger charge is 2.16. The molecule has 2 heterocycles. The van der Waals surface area contributed by atoms with Crippen molar-refractivity contribution in [3.8, 4) is 0 Å². The minimum absolute atomic E-state index is 0.180. The maximum atomic E-state index is 12.0. The van der Waals surface area contributed by atoms with Crippen molar-refractivity contribution in [3.05, 3.63) is 45.7 Å². The zero-order chi connectivity index (χ0) is 15.2. The van der Waals surface area contributed by atoms with Gasteiger partial charge in [-0.2, -0.15) is 0 Å². The van der Waals surface area contributed by atoms with E-state index in [1.54, 1.807) is 19.3 Å². The first-order valence-electron chi connectivity index (χ1n) is 6.42. The third-order valence-electron chi connectivity index (χ3n) is 2.77. The molecule has 0 bridgehead atoms. The number of nitrogens with zero attached hydrogens (tertiary/aromatic N) is 2. The van der Waals surface area contributed by atoms with Gasteiger partial charge in [-0.1, -0.05) is 0 Å². The summed E-state index contributed by atoms with van der Waals surface area (Å²) in [5.41, 5.74) is 2.20. The molecule has 0 atom stereocenters. The molecule has 110 valence electrons. The normalized spacial score (nSPS) is 10.2. The number of hydrogen-bond donors (Lipinski definition) is 1. The molecule has 7 heteroatoms. The van der Waals surface area contributed by atoms with Crippen LogP contribution in [0.15, 0.2) is 23.8 Å². The summed E-state index contributed by atoms with van der Waals surface area (Å²) in [4.78, 5) is 31.5. The minimum atomic E-state index is -0.510. The Bertz CT molecular complexity index is 654. The van der Waals surface area contributed by atoms with Crippen molar-refractivity contribution in [2.75, 3.05) is 6.61 Å². The fraction of sp³-hybridized carbons (Fsp3) is 0.286. The molecule has 2 aromatic heterocycles. The summed E-state index contributed by atoms with van der Waals surface area (Å²) in [6.07, 6.45) is 3.41. The molecule has 0 saturated carbocycles. The Morgan fingerprint density at radius 1 is 1.43 bits per heavy atom. The van der Waals surface area contributed by atoms with Crippen molar-refractivity contribution >= 4 is 23.2 Å². The van der Waals surface area contributed by atoms with E-state index in [-0.39, 0.29) is 23.2 Å². The summed E-state index contributed by atoms with van der Waals surface area (Å²) in [5, 5.41) is 4.47. The summed E-state index contributed by atoms with van der Waals surface area (Å²) in [6, 6.07) is 1.88. The van der Waals surface area contributed by atoms with Crippen LogP contribution in [0.2, 0.25) is 0 Å². The molecular weight excluding hydrogens is 290 g/mol. The number of carbonyl (C=O) groups is 2. The van der Waals surface area contributed by atoms with Crippen molar-refractivity contribution in [2.45, 2.75) is 20.4 Å². The van der Waals surface area contributed by atoms with Gasteiger partial charge >= 0.3 is 5.97 Å².